The molecule has 1 aliphatic heterocycles. The minimum absolute atomic E-state index is 0. The number of rotatable bonds is 9. The van der Waals surface area contributed by atoms with Crippen LogP contribution in [0.25, 0.3) is 0 Å². The van der Waals surface area contributed by atoms with E-state index >= 15 is 0 Å². The fourth-order valence-electron chi connectivity index (χ4n) is 4.59. The third-order valence-corrected chi connectivity index (χ3v) is 6.11. The molecule has 5 nitrogen and oxygen atoms in total. The molecular weight excluding hydrogens is 394 g/mol. The largest absolute Gasteiger partial charge is 0.344 e. The lowest BCUT2D eigenvalue weighted by molar-refractivity contribution is 0.325. The highest BCUT2D eigenvalue weighted by atomic mass is 15.5. The maximum Gasteiger partial charge on any atom is 0.0947 e. The van der Waals surface area contributed by atoms with Crippen molar-refractivity contribution >= 4 is 6.21 Å². The van der Waals surface area contributed by atoms with Gasteiger partial charge in [-0.1, -0.05) is 91.0 Å². The fourth-order valence-corrected chi connectivity index (χ4v) is 4.59. The highest BCUT2D eigenvalue weighted by molar-refractivity contribution is 5.71. The molecule has 4 rings (SSSR count). The van der Waals surface area contributed by atoms with Gasteiger partial charge < -0.3 is 11.9 Å². The van der Waals surface area contributed by atoms with Crippen molar-refractivity contribution in [1.29, 1.82) is 0 Å². The van der Waals surface area contributed by atoms with Crippen LogP contribution >= 0.6 is 0 Å². The van der Waals surface area contributed by atoms with Crippen LogP contribution in [0, 0.1) is 0 Å². The third-order valence-electron chi connectivity index (χ3n) is 6.11. The average molecular weight is 430 g/mol. The average Bonchev–Trinajstić information content (AvgIpc) is 3.16. The van der Waals surface area contributed by atoms with Gasteiger partial charge in [0.2, 0.25) is 0 Å². The van der Waals surface area contributed by atoms with Crippen LogP contribution in [0.3, 0.4) is 0 Å². The van der Waals surface area contributed by atoms with Gasteiger partial charge in [-0.3, -0.25) is 10.3 Å². The van der Waals surface area contributed by atoms with E-state index in [0.29, 0.717) is 0 Å². The molecule has 168 valence electrons. The van der Waals surface area contributed by atoms with Crippen LogP contribution in [0.15, 0.2) is 96.1 Å². The predicted octanol–water partition coefficient (Wildman–Crippen LogP) is 4.53. The van der Waals surface area contributed by atoms with E-state index in [1.807, 2.05) is 18.3 Å². The molecule has 5 heteroatoms. The van der Waals surface area contributed by atoms with E-state index in [1.54, 1.807) is 0 Å². The van der Waals surface area contributed by atoms with Gasteiger partial charge in [-0.15, -0.1) is 0 Å². The summed E-state index contributed by atoms with van der Waals surface area (Å²) in [7, 11) is 1.97. The number of hydrogen-bond acceptors (Lipinski definition) is 5. The van der Waals surface area contributed by atoms with Crippen LogP contribution in [-0.4, -0.2) is 36.9 Å². The van der Waals surface area contributed by atoms with Crippen molar-refractivity contribution in [3.05, 3.63) is 108 Å². The molecule has 0 spiro atoms. The molecule has 1 heterocycles. The topological polar surface area (TPSA) is 88.7 Å². The number of likely N-dealkylation sites (N-methyl/N-ethyl adjacent to an activating group) is 1. The number of unbranched alkanes of at least 4 members (excludes halogenated alkanes) is 1. The molecule has 0 bridgehead atoms. The maximum atomic E-state index is 6.48. The number of benzene rings is 3. The molecule has 0 amide bonds. The molecule has 0 aromatic heterocycles. The quantitative estimate of drug-likeness (QED) is 0.344. The zero-order valence-electron chi connectivity index (χ0n) is 19.0. The van der Waals surface area contributed by atoms with Crippen LogP contribution in [0.4, 0.5) is 0 Å². The molecule has 0 saturated carbocycles. The maximum absolute atomic E-state index is 6.48. The molecule has 0 fully saturated rings. The van der Waals surface area contributed by atoms with E-state index in [-0.39, 0.29) is 11.7 Å². The van der Waals surface area contributed by atoms with Gasteiger partial charge in [-0.05, 0) is 42.5 Å². The molecular formula is C27H35N5. The third kappa shape index (κ3) is 5.07. The van der Waals surface area contributed by atoms with Crippen molar-refractivity contribution in [3.63, 3.8) is 0 Å². The van der Waals surface area contributed by atoms with Crippen molar-refractivity contribution < 1.29 is 0 Å². The van der Waals surface area contributed by atoms with Crippen LogP contribution in [0.1, 0.15) is 36.0 Å². The summed E-state index contributed by atoms with van der Waals surface area (Å²) in [4.78, 5) is 0. The molecule has 0 aliphatic carbocycles. The summed E-state index contributed by atoms with van der Waals surface area (Å²) in [5.41, 5.74) is 9.50. The molecule has 3 aromatic rings. The van der Waals surface area contributed by atoms with Crippen LogP contribution < -0.4 is 17.2 Å². The minimum Gasteiger partial charge on any atom is -0.344 e. The number of hydrazone groups is 1. The van der Waals surface area contributed by atoms with Gasteiger partial charge in [-0.25, -0.2) is 0 Å². The highest BCUT2D eigenvalue weighted by Gasteiger charge is 2.35. The fraction of sp³-hybridized carbons (Fsp3) is 0.296. The Morgan fingerprint density at radius 1 is 0.844 bits per heavy atom. The Labute approximate surface area is 191 Å². The van der Waals surface area contributed by atoms with Crippen molar-refractivity contribution in [2.75, 3.05) is 20.1 Å². The minimum atomic E-state index is -0.404. The van der Waals surface area contributed by atoms with Gasteiger partial charge in [0.1, 0.15) is 0 Å². The van der Waals surface area contributed by atoms with E-state index < -0.39 is 5.54 Å². The van der Waals surface area contributed by atoms with E-state index in [9.17, 15) is 0 Å². The number of hydrogen-bond donors (Lipinski definition) is 3. The number of nitrogens with one attached hydrogen (secondary N) is 1. The number of nitrogens with zero attached hydrogens (tertiary/aromatic N) is 2. The lowest BCUT2D eigenvalue weighted by Crippen LogP contribution is -2.46. The van der Waals surface area contributed by atoms with Crippen molar-refractivity contribution in [1.82, 2.24) is 16.5 Å². The molecule has 1 unspecified atom stereocenters. The van der Waals surface area contributed by atoms with Gasteiger partial charge in [0.25, 0.3) is 0 Å². The van der Waals surface area contributed by atoms with Crippen LogP contribution in [0.5, 0.6) is 0 Å². The lowest BCUT2D eigenvalue weighted by Gasteiger charge is -2.37. The Balaban J connectivity index is 0.00000289. The lowest BCUT2D eigenvalue weighted by atomic mass is 9.77. The molecule has 1 aliphatic rings. The molecule has 0 radical (unpaired) electrons. The molecule has 1 atom stereocenters. The van der Waals surface area contributed by atoms with E-state index in [4.69, 9.17) is 5.73 Å². The van der Waals surface area contributed by atoms with Gasteiger partial charge in [-0.2, -0.15) is 5.10 Å². The Kier molecular flexibility index (Phi) is 7.80. The van der Waals surface area contributed by atoms with E-state index in [1.165, 1.54) is 16.7 Å². The summed E-state index contributed by atoms with van der Waals surface area (Å²) < 4.78 is 0. The van der Waals surface area contributed by atoms with Gasteiger partial charge in [0.05, 0.1) is 17.6 Å². The van der Waals surface area contributed by atoms with Crippen molar-refractivity contribution in [2.24, 2.45) is 10.8 Å². The van der Waals surface area contributed by atoms with Crippen molar-refractivity contribution in [2.45, 2.75) is 30.3 Å². The molecule has 6 N–H and O–H groups in total. The Morgan fingerprint density at radius 3 is 1.72 bits per heavy atom. The number of nitrogens with two attached hydrogens (primary N) is 1. The Hall–Kier alpha value is -2.99. The van der Waals surface area contributed by atoms with Crippen LogP contribution in [-0.2, 0) is 5.54 Å². The summed E-state index contributed by atoms with van der Waals surface area (Å²) in [6, 6.07) is 32.2. The summed E-state index contributed by atoms with van der Waals surface area (Å²) in [6.45, 7) is 1.68. The second-order valence-corrected chi connectivity index (χ2v) is 8.53. The summed E-state index contributed by atoms with van der Waals surface area (Å²) in [5, 5.41) is 10.2. The smallest absolute Gasteiger partial charge is 0.0947 e. The van der Waals surface area contributed by atoms with Crippen molar-refractivity contribution in [3.8, 4) is 0 Å². The monoisotopic (exact) mass is 429 g/mol. The molecule has 3 aromatic carbocycles. The zero-order valence-corrected chi connectivity index (χ0v) is 19.0. The normalized spacial score (nSPS) is 17.9. The molecule has 32 heavy (non-hydrogen) atoms. The van der Waals surface area contributed by atoms with E-state index in [2.05, 4.69) is 101 Å². The Morgan fingerprint density at radius 2 is 1.31 bits per heavy atom. The zero-order chi connectivity index (χ0) is 21.6. The summed E-state index contributed by atoms with van der Waals surface area (Å²) in [5.74, 6) is 0. The second-order valence-electron chi connectivity index (χ2n) is 8.53. The van der Waals surface area contributed by atoms with Gasteiger partial charge in [0, 0.05) is 13.3 Å². The first kappa shape index (κ1) is 23.7. The second kappa shape index (κ2) is 10.6. The van der Waals surface area contributed by atoms with Gasteiger partial charge >= 0.3 is 0 Å². The Bertz CT molecular complexity index is 878. The first-order valence-corrected chi connectivity index (χ1v) is 11.1. The van der Waals surface area contributed by atoms with E-state index in [0.717, 1.165) is 32.4 Å². The summed E-state index contributed by atoms with van der Waals surface area (Å²) >= 11 is 0. The molecule has 0 saturated heterocycles. The van der Waals surface area contributed by atoms with Crippen LogP contribution in [0.2, 0.25) is 0 Å². The first-order valence-electron chi connectivity index (χ1n) is 11.1. The SMILES string of the molecule is CN1CC(N)(CCCCNC(c2ccccc2)(c2ccccc2)c2ccccc2)C=N1.N. The summed E-state index contributed by atoms with van der Waals surface area (Å²) in [6.07, 6.45) is 4.95. The highest BCUT2D eigenvalue weighted by Crippen LogP contribution is 2.36. The van der Waals surface area contributed by atoms with Gasteiger partial charge in [0.15, 0.2) is 0 Å². The first-order chi connectivity index (χ1) is 15.1. The predicted molar refractivity (Wildman–Crippen MR) is 134 cm³/mol. The standard InChI is InChI=1S/C27H32N4.H3N/c1-31-22-26(28,21-30-31)19-11-12-20-29-27(23-13-5-2-6-14-23,24-15-7-3-8-16-24)25-17-9-4-10-18-25;/h2-10,13-18,21,29H,11-12,19-20,22,28H2,1H3;1H3.